The number of hydrogen-bond acceptors (Lipinski definition) is 2. The van der Waals surface area contributed by atoms with Crippen LogP contribution in [0.25, 0.3) is 0 Å². The van der Waals surface area contributed by atoms with Crippen LogP contribution in [0, 0.1) is 0 Å². The maximum absolute atomic E-state index is 4.97. The quantitative estimate of drug-likeness (QED) is 0.321. The summed E-state index contributed by atoms with van der Waals surface area (Å²) < 4.78 is 0. The van der Waals surface area contributed by atoms with Gasteiger partial charge in [0.05, 0.1) is 22.8 Å². The minimum atomic E-state index is 0.989. The fourth-order valence-electron chi connectivity index (χ4n) is 2.73. The van der Waals surface area contributed by atoms with Gasteiger partial charge in [0.25, 0.3) is 0 Å². The Kier molecular flexibility index (Phi) is 8.68. The highest BCUT2D eigenvalue weighted by atomic mass is 14.8. The molecule has 2 heteroatoms. The molecule has 0 aromatic heterocycles. The zero-order chi connectivity index (χ0) is 17.7. The second kappa shape index (κ2) is 11.4. The van der Waals surface area contributed by atoms with E-state index in [4.69, 9.17) is 9.98 Å². The van der Waals surface area contributed by atoms with Gasteiger partial charge in [0.1, 0.15) is 0 Å². The van der Waals surface area contributed by atoms with Gasteiger partial charge in [-0.1, -0.05) is 69.5 Å². The summed E-state index contributed by atoms with van der Waals surface area (Å²) in [7, 11) is 0. The number of benzene rings is 2. The van der Waals surface area contributed by atoms with Crippen molar-refractivity contribution in [1.29, 1.82) is 0 Å². The fourth-order valence-corrected chi connectivity index (χ4v) is 2.73. The highest BCUT2D eigenvalue weighted by Gasteiger charge is 2.10. The lowest BCUT2D eigenvalue weighted by molar-refractivity contribution is 0.742. The topological polar surface area (TPSA) is 24.7 Å². The first-order valence-electron chi connectivity index (χ1n) is 9.59. The van der Waals surface area contributed by atoms with Crippen molar-refractivity contribution in [3.8, 4) is 0 Å². The third kappa shape index (κ3) is 7.04. The molecule has 0 fully saturated rings. The number of hydrogen-bond donors (Lipinski definition) is 0. The maximum atomic E-state index is 4.97. The van der Waals surface area contributed by atoms with E-state index in [1.54, 1.807) is 0 Å². The van der Waals surface area contributed by atoms with Crippen LogP contribution in [0.2, 0.25) is 0 Å². The van der Waals surface area contributed by atoms with Gasteiger partial charge in [0, 0.05) is 0 Å². The highest BCUT2D eigenvalue weighted by molar-refractivity contribution is 6.43. The van der Waals surface area contributed by atoms with Crippen LogP contribution in [0.15, 0.2) is 70.6 Å². The zero-order valence-electron chi connectivity index (χ0n) is 15.6. The minimum absolute atomic E-state index is 0.989. The second-order valence-corrected chi connectivity index (χ2v) is 6.35. The van der Waals surface area contributed by atoms with Gasteiger partial charge >= 0.3 is 0 Å². The van der Waals surface area contributed by atoms with Crippen LogP contribution in [0.1, 0.15) is 58.8 Å². The van der Waals surface area contributed by atoms with E-state index < -0.39 is 0 Å². The molecule has 0 N–H and O–H groups in total. The Hall–Kier alpha value is -2.22. The van der Waals surface area contributed by atoms with Gasteiger partial charge in [-0.25, -0.2) is 0 Å². The second-order valence-electron chi connectivity index (χ2n) is 6.35. The third-order valence-corrected chi connectivity index (χ3v) is 4.16. The molecule has 0 bridgehead atoms. The Morgan fingerprint density at radius 1 is 0.600 bits per heavy atom. The molecule has 0 heterocycles. The number of unbranched alkanes of at least 4 members (excludes halogenated alkanes) is 3. The summed E-state index contributed by atoms with van der Waals surface area (Å²) in [6.07, 6.45) is 7.93. The molecule has 2 rings (SSSR count). The molecular formula is C23H30N2. The SMILES string of the molecule is CCCCCC(=Nc1ccccc1)C(CCCC)=Nc1ccccc1. The van der Waals surface area contributed by atoms with Crippen LogP contribution in [-0.2, 0) is 0 Å². The molecular weight excluding hydrogens is 304 g/mol. The molecule has 2 aromatic rings. The molecule has 0 atom stereocenters. The normalized spacial score (nSPS) is 12.4. The molecule has 0 radical (unpaired) electrons. The van der Waals surface area contributed by atoms with Crippen molar-refractivity contribution in [3.05, 3.63) is 60.7 Å². The average molecular weight is 335 g/mol. The lowest BCUT2D eigenvalue weighted by atomic mass is 10.0. The Labute approximate surface area is 152 Å². The largest absolute Gasteiger partial charge is 0.252 e. The first-order chi connectivity index (χ1) is 12.3. The number of nitrogens with zero attached hydrogens (tertiary/aromatic N) is 2. The van der Waals surface area contributed by atoms with Crippen molar-refractivity contribution in [3.63, 3.8) is 0 Å². The first kappa shape index (κ1) is 19.1. The summed E-state index contributed by atoms with van der Waals surface area (Å²) in [6.45, 7) is 4.47. The summed E-state index contributed by atoms with van der Waals surface area (Å²) in [4.78, 5) is 9.92. The van der Waals surface area contributed by atoms with Crippen molar-refractivity contribution in [2.75, 3.05) is 0 Å². The van der Waals surface area contributed by atoms with Crippen LogP contribution >= 0.6 is 0 Å². The van der Waals surface area contributed by atoms with Crippen molar-refractivity contribution < 1.29 is 0 Å². The average Bonchev–Trinajstić information content (AvgIpc) is 2.66. The fraction of sp³-hybridized carbons (Fsp3) is 0.391. The van der Waals surface area contributed by atoms with Crippen molar-refractivity contribution in [2.24, 2.45) is 9.98 Å². The lowest BCUT2D eigenvalue weighted by Crippen LogP contribution is -2.14. The molecule has 0 spiro atoms. The summed E-state index contributed by atoms with van der Waals surface area (Å²) in [6, 6.07) is 20.5. The zero-order valence-corrected chi connectivity index (χ0v) is 15.6. The van der Waals surface area contributed by atoms with E-state index in [0.29, 0.717) is 0 Å². The number of rotatable bonds is 10. The molecule has 0 saturated heterocycles. The third-order valence-electron chi connectivity index (χ3n) is 4.16. The molecule has 25 heavy (non-hydrogen) atoms. The molecule has 0 saturated carbocycles. The standard InChI is InChI=1S/C23H30N2/c1-3-5-9-19-23(25-21-16-12-8-13-17-21)22(18-6-4-2)24-20-14-10-7-11-15-20/h7-8,10-17H,3-6,9,18-19H2,1-2H3. The lowest BCUT2D eigenvalue weighted by Gasteiger charge is -2.11. The monoisotopic (exact) mass is 334 g/mol. The van der Waals surface area contributed by atoms with E-state index in [2.05, 4.69) is 38.1 Å². The molecule has 2 aromatic carbocycles. The van der Waals surface area contributed by atoms with E-state index in [-0.39, 0.29) is 0 Å². The summed E-state index contributed by atoms with van der Waals surface area (Å²) in [5.41, 5.74) is 4.33. The van der Waals surface area contributed by atoms with Crippen LogP contribution < -0.4 is 0 Å². The van der Waals surface area contributed by atoms with Crippen LogP contribution in [0.5, 0.6) is 0 Å². The van der Waals surface area contributed by atoms with Crippen molar-refractivity contribution >= 4 is 22.8 Å². The Morgan fingerprint density at radius 2 is 1.04 bits per heavy atom. The van der Waals surface area contributed by atoms with Crippen LogP contribution in [0.3, 0.4) is 0 Å². The van der Waals surface area contributed by atoms with Gasteiger partial charge in [-0.05, 0) is 49.9 Å². The Bertz CT molecular complexity index is 657. The van der Waals surface area contributed by atoms with Crippen LogP contribution in [0.4, 0.5) is 11.4 Å². The maximum Gasteiger partial charge on any atom is 0.0633 e. The number of para-hydroxylation sites is 2. The van der Waals surface area contributed by atoms with Crippen LogP contribution in [-0.4, -0.2) is 11.4 Å². The molecule has 0 amide bonds. The molecule has 0 aliphatic rings. The van der Waals surface area contributed by atoms with Gasteiger partial charge in [0.2, 0.25) is 0 Å². The van der Waals surface area contributed by atoms with E-state index in [9.17, 15) is 0 Å². The first-order valence-corrected chi connectivity index (χ1v) is 9.59. The highest BCUT2D eigenvalue weighted by Crippen LogP contribution is 2.18. The van der Waals surface area contributed by atoms with E-state index >= 15 is 0 Å². The smallest absolute Gasteiger partial charge is 0.0633 e. The van der Waals surface area contributed by atoms with Gasteiger partial charge in [0.15, 0.2) is 0 Å². The van der Waals surface area contributed by atoms with Gasteiger partial charge in [-0.3, -0.25) is 9.98 Å². The predicted molar refractivity (Wildman–Crippen MR) is 111 cm³/mol. The summed E-state index contributed by atoms with van der Waals surface area (Å²) in [5, 5.41) is 0. The van der Waals surface area contributed by atoms with Gasteiger partial charge in [-0.15, -0.1) is 0 Å². The predicted octanol–water partition coefficient (Wildman–Crippen LogP) is 7.30. The summed E-state index contributed by atoms with van der Waals surface area (Å²) in [5.74, 6) is 0. The Morgan fingerprint density at radius 3 is 1.48 bits per heavy atom. The van der Waals surface area contributed by atoms with Crippen molar-refractivity contribution in [2.45, 2.75) is 58.8 Å². The number of aliphatic imine (C=N–C) groups is 2. The van der Waals surface area contributed by atoms with E-state index in [1.807, 2.05) is 36.4 Å². The minimum Gasteiger partial charge on any atom is -0.252 e. The molecule has 0 unspecified atom stereocenters. The molecule has 0 aliphatic carbocycles. The Balaban J connectivity index is 2.34. The summed E-state index contributed by atoms with van der Waals surface area (Å²) >= 11 is 0. The van der Waals surface area contributed by atoms with E-state index in [1.165, 1.54) is 25.7 Å². The van der Waals surface area contributed by atoms with Crippen molar-refractivity contribution in [1.82, 2.24) is 0 Å². The van der Waals surface area contributed by atoms with Gasteiger partial charge in [-0.2, -0.15) is 0 Å². The van der Waals surface area contributed by atoms with Gasteiger partial charge < -0.3 is 0 Å². The van der Waals surface area contributed by atoms with E-state index in [0.717, 1.165) is 42.1 Å². The molecule has 132 valence electrons. The molecule has 2 nitrogen and oxygen atoms in total. The molecule has 0 aliphatic heterocycles.